The minimum atomic E-state index is -0.976. The predicted molar refractivity (Wildman–Crippen MR) is 105 cm³/mol. The molecule has 0 saturated heterocycles. The number of hydrogen-bond donors (Lipinski definition) is 0. The van der Waals surface area contributed by atoms with Crippen molar-refractivity contribution in [1.29, 1.82) is 0 Å². The molecule has 1 atom stereocenters. The van der Waals surface area contributed by atoms with Crippen LogP contribution in [-0.4, -0.2) is 27.4 Å². The van der Waals surface area contributed by atoms with Crippen LogP contribution >= 0.6 is 22.9 Å². The van der Waals surface area contributed by atoms with Gasteiger partial charge in [0.25, 0.3) is 5.56 Å². The number of hydrogen-bond acceptors (Lipinski definition) is 6. The van der Waals surface area contributed by atoms with Gasteiger partial charge in [-0.1, -0.05) is 11.6 Å². The van der Waals surface area contributed by atoms with Crippen molar-refractivity contribution < 1.29 is 14.3 Å². The van der Waals surface area contributed by atoms with E-state index in [4.69, 9.17) is 16.3 Å². The molecule has 0 aliphatic rings. The zero-order chi connectivity index (χ0) is 19.7. The minimum Gasteiger partial charge on any atom is -0.453 e. The van der Waals surface area contributed by atoms with Crippen molar-refractivity contribution in [1.82, 2.24) is 9.55 Å². The Hall–Kier alpha value is -2.51. The molecule has 0 amide bonds. The topological polar surface area (TPSA) is 78.3 Å². The van der Waals surface area contributed by atoms with E-state index in [0.717, 1.165) is 10.4 Å². The van der Waals surface area contributed by atoms with Crippen LogP contribution in [-0.2, 0) is 16.1 Å². The summed E-state index contributed by atoms with van der Waals surface area (Å²) in [5.74, 6) is -1.03. The second-order valence-corrected chi connectivity index (χ2v) is 7.78. The lowest BCUT2D eigenvalue weighted by Gasteiger charge is -2.13. The first kappa shape index (κ1) is 19.3. The molecule has 0 radical (unpaired) electrons. The number of carbonyl (C=O) groups excluding carboxylic acids is 2. The summed E-state index contributed by atoms with van der Waals surface area (Å²) in [5.41, 5.74) is 0.960. The maximum absolute atomic E-state index is 12.6. The second kappa shape index (κ2) is 7.62. The summed E-state index contributed by atoms with van der Waals surface area (Å²) < 4.78 is 6.39. The van der Waals surface area contributed by atoms with Crippen molar-refractivity contribution in [2.75, 3.05) is 0 Å². The van der Waals surface area contributed by atoms with Crippen molar-refractivity contribution in [2.45, 2.75) is 33.4 Å². The van der Waals surface area contributed by atoms with Crippen molar-refractivity contribution in [3.05, 3.63) is 62.0 Å². The van der Waals surface area contributed by atoms with Crippen molar-refractivity contribution in [3.8, 4) is 0 Å². The fourth-order valence-corrected chi connectivity index (χ4v) is 3.77. The quantitative estimate of drug-likeness (QED) is 0.480. The Balaban J connectivity index is 1.74. The van der Waals surface area contributed by atoms with E-state index in [1.54, 1.807) is 24.3 Å². The van der Waals surface area contributed by atoms with Gasteiger partial charge >= 0.3 is 5.97 Å². The summed E-state index contributed by atoms with van der Waals surface area (Å²) in [5, 5.41) is 1.02. The molecule has 0 aliphatic carbocycles. The summed E-state index contributed by atoms with van der Waals surface area (Å²) in [6, 6.07) is 6.32. The number of ether oxygens (including phenoxy) is 1. The number of carbonyl (C=O) groups is 2. The highest BCUT2D eigenvalue weighted by atomic mass is 35.5. The lowest BCUT2D eigenvalue weighted by Crippen LogP contribution is -2.30. The van der Waals surface area contributed by atoms with Crippen LogP contribution in [0.4, 0.5) is 0 Å². The molecular formula is C19H17ClN2O4S. The number of aryl methyl sites for hydroxylation is 2. The van der Waals surface area contributed by atoms with Crippen LogP contribution in [0.15, 0.2) is 35.4 Å². The van der Waals surface area contributed by atoms with E-state index >= 15 is 0 Å². The summed E-state index contributed by atoms with van der Waals surface area (Å²) in [7, 11) is 0. The Morgan fingerprint density at radius 1 is 1.26 bits per heavy atom. The zero-order valence-corrected chi connectivity index (χ0v) is 16.6. The van der Waals surface area contributed by atoms with E-state index in [2.05, 4.69) is 4.98 Å². The number of benzene rings is 1. The molecule has 27 heavy (non-hydrogen) atoms. The normalized spacial score (nSPS) is 12.1. The maximum atomic E-state index is 12.6. The van der Waals surface area contributed by atoms with Crippen LogP contribution < -0.4 is 5.56 Å². The van der Waals surface area contributed by atoms with Gasteiger partial charge in [0.05, 0.1) is 11.7 Å². The molecule has 0 N–H and O–H groups in total. The number of Topliss-reactive ketones (excluding diaryl/α,β-unsaturated/α-hetero) is 1. The molecule has 6 nitrogen and oxygen atoms in total. The third kappa shape index (κ3) is 3.94. The molecule has 1 aromatic carbocycles. The summed E-state index contributed by atoms with van der Waals surface area (Å²) in [6.45, 7) is 4.95. The Kier molecular flexibility index (Phi) is 5.43. The summed E-state index contributed by atoms with van der Waals surface area (Å²) >= 11 is 7.24. The van der Waals surface area contributed by atoms with Crippen LogP contribution in [0.2, 0.25) is 5.02 Å². The molecule has 0 fully saturated rings. The Labute approximate surface area is 164 Å². The highest BCUT2D eigenvalue weighted by Crippen LogP contribution is 2.25. The number of nitrogens with zero attached hydrogens (tertiary/aromatic N) is 2. The zero-order valence-electron chi connectivity index (χ0n) is 15.0. The third-order valence-electron chi connectivity index (χ3n) is 4.26. The average molecular weight is 405 g/mol. The fraction of sp³-hybridized carbons (Fsp3) is 0.263. The van der Waals surface area contributed by atoms with E-state index in [9.17, 15) is 14.4 Å². The van der Waals surface area contributed by atoms with Gasteiger partial charge in [-0.15, -0.1) is 11.3 Å². The Morgan fingerprint density at radius 2 is 1.93 bits per heavy atom. The van der Waals surface area contributed by atoms with Crippen LogP contribution in [0.1, 0.15) is 27.7 Å². The first-order valence-corrected chi connectivity index (χ1v) is 9.41. The first-order valence-electron chi connectivity index (χ1n) is 8.22. The lowest BCUT2D eigenvalue weighted by atomic mass is 10.1. The minimum absolute atomic E-state index is 0.296. The van der Waals surface area contributed by atoms with Crippen molar-refractivity contribution in [3.63, 3.8) is 0 Å². The number of aromatic nitrogens is 2. The van der Waals surface area contributed by atoms with Gasteiger partial charge in [0.2, 0.25) is 5.78 Å². The largest absolute Gasteiger partial charge is 0.453 e. The Bertz CT molecular complexity index is 1090. The molecule has 140 valence electrons. The number of fused-ring (bicyclic) bond motifs is 1. The predicted octanol–water partition coefficient (Wildman–Crippen LogP) is 3.54. The van der Waals surface area contributed by atoms with Gasteiger partial charge in [0.1, 0.15) is 11.4 Å². The number of esters is 1. The number of thiophene rings is 1. The second-order valence-electron chi connectivity index (χ2n) is 6.14. The van der Waals surface area contributed by atoms with Gasteiger partial charge in [-0.3, -0.25) is 19.0 Å². The van der Waals surface area contributed by atoms with Crippen LogP contribution in [0, 0.1) is 13.8 Å². The standard InChI is InChI=1S/C19H17ClN2O4S/c1-10-12(3)27-18-16(10)19(25)22(9-21-18)8-15(23)26-11(2)17(24)13-4-6-14(20)7-5-13/h4-7,9,11H,8H2,1-3H3/t11-/m0/s1. The number of halogens is 1. The monoisotopic (exact) mass is 404 g/mol. The average Bonchev–Trinajstić information content (AvgIpc) is 2.92. The first-order chi connectivity index (χ1) is 12.8. The van der Waals surface area contributed by atoms with Gasteiger partial charge in [0, 0.05) is 15.5 Å². The van der Waals surface area contributed by atoms with Crippen molar-refractivity contribution in [2.24, 2.45) is 0 Å². The molecule has 0 spiro atoms. The highest BCUT2D eigenvalue weighted by Gasteiger charge is 2.21. The van der Waals surface area contributed by atoms with E-state index < -0.39 is 12.1 Å². The molecule has 0 aliphatic heterocycles. The molecule has 3 rings (SSSR count). The number of rotatable bonds is 5. The molecular weight excluding hydrogens is 388 g/mol. The van der Waals surface area contributed by atoms with E-state index in [-0.39, 0.29) is 17.9 Å². The van der Waals surface area contributed by atoms with Crippen LogP contribution in [0.3, 0.4) is 0 Å². The Morgan fingerprint density at radius 3 is 2.59 bits per heavy atom. The van der Waals surface area contributed by atoms with Crippen LogP contribution in [0.5, 0.6) is 0 Å². The molecule has 0 unspecified atom stereocenters. The smallest absolute Gasteiger partial charge is 0.326 e. The summed E-state index contributed by atoms with van der Waals surface area (Å²) in [6.07, 6.45) is 0.351. The van der Waals surface area contributed by atoms with Gasteiger partial charge < -0.3 is 4.74 Å². The van der Waals surface area contributed by atoms with Gasteiger partial charge in [-0.2, -0.15) is 0 Å². The van der Waals surface area contributed by atoms with Crippen molar-refractivity contribution >= 4 is 44.9 Å². The molecule has 0 saturated carbocycles. The highest BCUT2D eigenvalue weighted by molar-refractivity contribution is 7.18. The third-order valence-corrected chi connectivity index (χ3v) is 5.63. The summed E-state index contributed by atoms with van der Waals surface area (Å²) in [4.78, 5) is 43.1. The van der Waals surface area contributed by atoms with Gasteiger partial charge in [-0.25, -0.2) is 4.98 Å². The van der Waals surface area contributed by atoms with E-state index in [1.807, 2.05) is 13.8 Å². The molecule has 2 aromatic heterocycles. The van der Waals surface area contributed by atoms with Gasteiger partial charge in [0.15, 0.2) is 6.10 Å². The van der Waals surface area contributed by atoms with E-state index in [1.165, 1.54) is 29.2 Å². The van der Waals surface area contributed by atoms with Gasteiger partial charge in [-0.05, 0) is 50.6 Å². The molecule has 3 aromatic rings. The molecule has 8 heteroatoms. The SMILES string of the molecule is Cc1sc2ncn(CC(=O)O[C@@H](C)C(=O)c3ccc(Cl)cc3)c(=O)c2c1C. The lowest BCUT2D eigenvalue weighted by molar-refractivity contribution is -0.147. The molecule has 0 bridgehead atoms. The maximum Gasteiger partial charge on any atom is 0.326 e. The number of ketones is 1. The van der Waals surface area contributed by atoms with Crippen LogP contribution in [0.25, 0.3) is 10.2 Å². The van der Waals surface area contributed by atoms with E-state index in [0.29, 0.717) is 20.8 Å². The molecule has 2 heterocycles. The fourth-order valence-electron chi connectivity index (χ4n) is 2.66.